The molecule has 2 fully saturated rings. The van der Waals surface area contributed by atoms with E-state index in [0.717, 1.165) is 0 Å². The molecule has 0 aromatic rings. The Morgan fingerprint density at radius 2 is 1.83 bits per heavy atom. The maximum absolute atomic E-state index is 12.6. The van der Waals surface area contributed by atoms with Crippen LogP contribution in [0, 0.1) is 5.41 Å². The van der Waals surface area contributed by atoms with E-state index >= 15 is 0 Å². The molecule has 2 heterocycles. The minimum absolute atomic E-state index is 0.170. The van der Waals surface area contributed by atoms with E-state index in [1.54, 1.807) is 4.90 Å². The van der Waals surface area contributed by atoms with Crippen LogP contribution in [0.2, 0.25) is 0 Å². The number of nitrogens with zero attached hydrogens (tertiary/aromatic N) is 2. The lowest BCUT2D eigenvalue weighted by atomic mass is 9.70. The van der Waals surface area contributed by atoms with Crippen LogP contribution in [0.4, 0.5) is 4.79 Å². The summed E-state index contributed by atoms with van der Waals surface area (Å²) >= 11 is 0. The Balaban J connectivity index is 1.95. The van der Waals surface area contributed by atoms with Crippen LogP contribution < -0.4 is 5.73 Å². The Morgan fingerprint density at radius 3 is 2.21 bits per heavy atom. The average Bonchev–Trinajstić information content (AvgIpc) is 2.44. The molecule has 0 bridgehead atoms. The molecule has 0 unspecified atom stereocenters. The fourth-order valence-electron chi connectivity index (χ4n) is 3.37. The molecular formula is C16H27N3O5. The summed E-state index contributed by atoms with van der Waals surface area (Å²) in [4.78, 5) is 39.1. The van der Waals surface area contributed by atoms with Gasteiger partial charge in [-0.05, 0) is 40.5 Å². The molecule has 2 aliphatic heterocycles. The fraction of sp³-hybridized carbons (Fsp3) is 0.812. The first kappa shape index (κ1) is 18.5. The van der Waals surface area contributed by atoms with Gasteiger partial charge in [0.15, 0.2) is 0 Å². The van der Waals surface area contributed by atoms with E-state index in [9.17, 15) is 19.5 Å². The van der Waals surface area contributed by atoms with Gasteiger partial charge in [-0.2, -0.15) is 0 Å². The largest absolute Gasteiger partial charge is 0.444 e. The first-order chi connectivity index (χ1) is 11.0. The second-order valence-electron chi connectivity index (χ2n) is 7.77. The van der Waals surface area contributed by atoms with Crippen molar-refractivity contribution in [2.24, 2.45) is 11.1 Å². The monoisotopic (exact) mass is 341 g/mol. The van der Waals surface area contributed by atoms with Gasteiger partial charge in [0.1, 0.15) is 11.6 Å². The van der Waals surface area contributed by atoms with Gasteiger partial charge in [-0.1, -0.05) is 0 Å². The molecule has 8 heteroatoms. The summed E-state index contributed by atoms with van der Waals surface area (Å²) < 4.78 is 5.34. The Hall–Kier alpha value is -1.83. The van der Waals surface area contributed by atoms with Crippen molar-refractivity contribution in [3.05, 3.63) is 0 Å². The third-order valence-corrected chi connectivity index (χ3v) is 4.64. The predicted octanol–water partition coefficient (Wildman–Crippen LogP) is 0.0806. The molecule has 0 saturated carbocycles. The average molecular weight is 341 g/mol. The van der Waals surface area contributed by atoms with Crippen LogP contribution in [-0.4, -0.2) is 70.2 Å². The summed E-state index contributed by atoms with van der Waals surface area (Å²) in [5.74, 6) is -0.879. The van der Waals surface area contributed by atoms with Crippen molar-refractivity contribution in [2.75, 3.05) is 19.6 Å². The second-order valence-corrected chi connectivity index (χ2v) is 7.77. The maximum atomic E-state index is 12.6. The molecule has 0 radical (unpaired) electrons. The molecule has 2 atom stereocenters. The van der Waals surface area contributed by atoms with E-state index in [-0.39, 0.29) is 12.0 Å². The first-order valence-electron chi connectivity index (χ1n) is 8.23. The van der Waals surface area contributed by atoms with Crippen LogP contribution in [0.25, 0.3) is 0 Å². The lowest BCUT2D eigenvalue weighted by Crippen LogP contribution is -2.70. The van der Waals surface area contributed by atoms with Crippen molar-refractivity contribution in [1.29, 1.82) is 0 Å². The highest BCUT2D eigenvalue weighted by Crippen LogP contribution is 2.43. The number of amides is 3. The summed E-state index contributed by atoms with van der Waals surface area (Å²) in [5, 5.41) is 9.68. The SMILES string of the molecule is C[C@@H](O)[C@@H](C(N)=O)N1CC2(CCN(C(=O)OC(C)(C)C)CC2)C1=O. The van der Waals surface area contributed by atoms with Gasteiger partial charge in [-0.25, -0.2) is 4.79 Å². The molecule has 3 amide bonds. The lowest BCUT2D eigenvalue weighted by molar-refractivity contribution is -0.176. The van der Waals surface area contributed by atoms with Crippen molar-refractivity contribution in [3.63, 3.8) is 0 Å². The predicted molar refractivity (Wildman–Crippen MR) is 85.9 cm³/mol. The second kappa shape index (κ2) is 6.23. The van der Waals surface area contributed by atoms with E-state index in [0.29, 0.717) is 32.5 Å². The number of carbonyl (C=O) groups excluding carboxylic acids is 3. The Bertz CT molecular complexity index is 532. The number of β-lactam (4-membered cyclic amide) rings is 1. The quantitative estimate of drug-likeness (QED) is 0.706. The van der Waals surface area contributed by atoms with E-state index in [1.165, 1.54) is 11.8 Å². The summed E-state index contributed by atoms with van der Waals surface area (Å²) in [5.41, 5.74) is 4.18. The molecule has 2 saturated heterocycles. The summed E-state index contributed by atoms with van der Waals surface area (Å²) in [6, 6.07) is -0.994. The molecule has 24 heavy (non-hydrogen) atoms. The van der Waals surface area contributed by atoms with E-state index in [1.807, 2.05) is 20.8 Å². The molecule has 2 rings (SSSR count). The number of piperidine rings is 1. The topological polar surface area (TPSA) is 113 Å². The van der Waals surface area contributed by atoms with Crippen molar-refractivity contribution in [3.8, 4) is 0 Å². The summed E-state index contributed by atoms with van der Waals surface area (Å²) in [6.45, 7) is 8.12. The molecule has 2 aliphatic rings. The van der Waals surface area contributed by atoms with Crippen LogP contribution in [0.1, 0.15) is 40.5 Å². The highest BCUT2D eigenvalue weighted by molar-refractivity contribution is 5.94. The van der Waals surface area contributed by atoms with Crippen molar-refractivity contribution in [1.82, 2.24) is 9.80 Å². The molecule has 136 valence electrons. The number of aliphatic hydroxyl groups is 1. The Morgan fingerprint density at radius 1 is 1.29 bits per heavy atom. The zero-order valence-corrected chi connectivity index (χ0v) is 14.7. The van der Waals surface area contributed by atoms with Crippen molar-refractivity contribution >= 4 is 17.9 Å². The van der Waals surface area contributed by atoms with Crippen molar-refractivity contribution in [2.45, 2.75) is 58.3 Å². The number of aliphatic hydroxyl groups excluding tert-OH is 1. The van der Waals surface area contributed by atoms with Crippen molar-refractivity contribution < 1.29 is 24.2 Å². The van der Waals surface area contributed by atoms with Crippen LogP contribution in [0.3, 0.4) is 0 Å². The molecule has 3 N–H and O–H groups in total. The van der Waals surface area contributed by atoms with Gasteiger partial charge in [0.2, 0.25) is 11.8 Å². The van der Waals surface area contributed by atoms with Gasteiger partial charge in [-0.3, -0.25) is 9.59 Å². The molecular weight excluding hydrogens is 314 g/mol. The molecule has 0 aromatic heterocycles. The molecule has 1 spiro atoms. The summed E-state index contributed by atoms with van der Waals surface area (Å²) in [7, 11) is 0. The van der Waals surface area contributed by atoms with Gasteiger partial charge in [0, 0.05) is 19.6 Å². The van der Waals surface area contributed by atoms with Gasteiger partial charge < -0.3 is 25.4 Å². The summed E-state index contributed by atoms with van der Waals surface area (Å²) in [6.07, 6.45) is -0.342. The number of primary amides is 1. The Labute approximate surface area is 141 Å². The van der Waals surface area contributed by atoms with E-state index in [2.05, 4.69) is 0 Å². The minimum Gasteiger partial charge on any atom is -0.444 e. The number of hydrogen-bond donors (Lipinski definition) is 2. The highest BCUT2D eigenvalue weighted by atomic mass is 16.6. The van der Waals surface area contributed by atoms with Crippen LogP contribution >= 0.6 is 0 Å². The minimum atomic E-state index is -1.01. The fourth-order valence-corrected chi connectivity index (χ4v) is 3.37. The standard InChI is InChI=1S/C16H27N3O5/c1-10(20)11(12(17)21)19-9-16(13(19)22)5-7-18(8-6-16)14(23)24-15(2,3)4/h10-11,20H,5-9H2,1-4H3,(H2,17,21)/t10-,11+/m1/s1. The molecule has 8 nitrogen and oxygen atoms in total. The van der Waals surface area contributed by atoms with Crippen LogP contribution in [-0.2, 0) is 14.3 Å². The number of likely N-dealkylation sites (tertiary alicyclic amines) is 2. The Kier molecular flexibility index (Phi) is 4.81. The third-order valence-electron chi connectivity index (χ3n) is 4.64. The highest BCUT2D eigenvalue weighted by Gasteiger charge is 2.56. The van der Waals surface area contributed by atoms with E-state index in [4.69, 9.17) is 10.5 Å². The maximum Gasteiger partial charge on any atom is 0.410 e. The van der Waals surface area contributed by atoms with Gasteiger partial charge in [0.05, 0.1) is 11.5 Å². The number of nitrogens with two attached hydrogens (primary N) is 1. The lowest BCUT2D eigenvalue weighted by Gasteiger charge is -2.54. The van der Waals surface area contributed by atoms with Gasteiger partial charge in [0.25, 0.3) is 0 Å². The smallest absolute Gasteiger partial charge is 0.410 e. The number of ether oxygens (including phenoxy) is 1. The first-order valence-corrected chi connectivity index (χ1v) is 8.23. The molecule has 0 aliphatic carbocycles. The third kappa shape index (κ3) is 3.48. The van der Waals surface area contributed by atoms with Gasteiger partial charge in [-0.15, -0.1) is 0 Å². The zero-order valence-electron chi connectivity index (χ0n) is 14.7. The number of carbonyl (C=O) groups is 3. The van der Waals surface area contributed by atoms with Gasteiger partial charge >= 0.3 is 6.09 Å². The van der Waals surface area contributed by atoms with Crippen LogP contribution in [0.15, 0.2) is 0 Å². The number of rotatable bonds is 3. The van der Waals surface area contributed by atoms with Crippen LogP contribution in [0.5, 0.6) is 0 Å². The van der Waals surface area contributed by atoms with E-state index < -0.39 is 29.1 Å². The number of hydrogen-bond acceptors (Lipinski definition) is 5. The normalized spacial score (nSPS) is 22.8. The zero-order chi connectivity index (χ0) is 18.3. The molecule has 0 aromatic carbocycles.